The highest BCUT2D eigenvalue weighted by Crippen LogP contribution is 2.34. The van der Waals surface area contributed by atoms with E-state index < -0.39 is 39.5 Å². The fourth-order valence-electron chi connectivity index (χ4n) is 2.90. The lowest BCUT2D eigenvalue weighted by Gasteiger charge is -2.07. The fraction of sp³-hybridized carbons (Fsp3) is 0.0870. The number of non-ortho nitro benzene ring substituents is 1. The molecule has 36 heavy (non-hydrogen) atoms. The predicted octanol–water partition coefficient (Wildman–Crippen LogP) is 3.78. The summed E-state index contributed by atoms with van der Waals surface area (Å²) >= 11 is 0. The number of anilines is 1. The van der Waals surface area contributed by atoms with E-state index in [1.807, 2.05) is 0 Å². The molecule has 2 amide bonds. The molecule has 2 N–H and O–H groups in total. The number of hydrogen-bond donors (Lipinski definition) is 2. The van der Waals surface area contributed by atoms with E-state index in [4.69, 9.17) is 9.47 Å². The van der Waals surface area contributed by atoms with Gasteiger partial charge in [0.15, 0.2) is 0 Å². The lowest BCUT2D eigenvalue weighted by atomic mass is 10.2. The van der Waals surface area contributed by atoms with Gasteiger partial charge in [-0.25, -0.2) is 5.43 Å². The summed E-state index contributed by atoms with van der Waals surface area (Å²) in [6.07, 6.45) is 0.816. The highest BCUT2D eigenvalue weighted by Gasteiger charge is 2.21. The van der Waals surface area contributed by atoms with Crippen molar-refractivity contribution in [1.29, 1.82) is 0 Å². The molecular formula is C23H19N5O8. The number of rotatable bonds is 10. The fourth-order valence-corrected chi connectivity index (χ4v) is 2.90. The molecule has 13 heteroatoms. The Hall–Kier alpha value is -5.33. The normalized spacial score (nSPS) is 10.5. The predicted molar refractivity (Wildman–Crippen MR) is 128 cm³/mol. The molecule has 0 unspecified atom stereocenters. The maximum absolute atomic E-state index is 12.0. The van der Waals surface area contributed by atoms with E-state index in [0.29, 0.717) is 17.0 Å². The largest absolute Gasteiger partial charge is 0.497 e. The van der Waals surface area contributed by atoms with Crippen LogP contribution >= 0.6 is 0 Å². The average Bonchev–Trinajstić information content (AvgIpc) is 2.84. The molecule has 0 bridgehead atoms. The number of nitrogens with one attached hydrogen (secondary N) is 2. The maximum atomic E-state index is 12.0. The summed E-state index contributed by atoms with van der Waals surface area (Å²) in [6, 6.07) is 15.9. The Morgan fingerprint density at radius 2 is 1.69 bits per heavy atom. The van der Waals surface area contributed by atoms with E-state index in [0.717, 1.165) is 18.2 Å². The third-order valence-corrected chi connectivity index (χ3v) is 4.51. The van der Waals surface area contributed by atoms with Gasteiger partial charge in [-0.05, 0) is 35.9 Å². The Bertz CT molecular complexity index is 1340. The second kappa shape index (κ2) is 11.7. The smallest absolute Gasteiger partial charge is 0.318 e. The number of hydrogen-bond acceptors (Lipinski definition) is 9. The summed E-state index contributed by atoms with van der Waals surface area (Å²) in [6.45, 7) is 0. The molecule has 0 heterocycles. The standard InChI is InChI=1S/C23H19N5O8/c1-35-18-6-3-5-16(11-18)25-22(29)13-23(30)26-24-14-15-4-2-7-19(10-15)36-21-9-8-17(27(31)32)12-20(21)28(33)34/h2-12,14H,13H2,1H3,(H,25,29)(H,26,30). The molecule has 0 fully saturated rings. The summed E-state index contributed by atoms with van der Waals surface area (Å²) in [5, 5.41) is 28.5. The number of amides is 2. The van der Waals surface area contributed by atoms with Crippen LogP contribution in [-0.4, -0.2) is 35.0 Å². The minimum atomic E-state index is -0.784. The number of nitrogens with zero attached hydrogens (tertiary/aromatic N) is 3. The van der Waals surface area contributed by atoms with Gasteiger partial charge < -0.3 is 14.8 Å². The molecule has 3 aromatic carbocycles. The number of benzene rings is 3. The summed E-state index contributed by atoms with van der Waals surface area (Å²) in [4.78, 5) is 44.7. The third kappa shape index (κ3) is 7.08. The van der Waals surface area contributed by atoms with Crippen LogP contribution in [0.1, 0.15) is 12.0 Å². The summed E-state index contributed by atoms with van der Waals surface area (Å²) in [5.74, 6) is -0.636. The van der Waals surface area contributed by atoms with E-state index in [2.05, 4.69) is 15.8 Å². The van der Waals surface area contributed by atoms with E-state index in [-0.39, 0.29) is 11.5 Å². The zero-order chi connectivity index (χ0) is 26.1. The molecule has 0 radical (unpaired) electrons. The van der Waals surface area contributed by atoms with Gasteiger partial charge in [-0.15, -0.1) is 0 Å². The molecule has 0 atom stereocenters. The first kappa shape index (κ1) is 25.3. The summed E-state index contributed by atoms with van der Waals surface area (Å²) < 4.78 is 10.6. The van der Waals surface area contributed by atoms with Gasteiger partial charge in [0.25, 0.3) is 5.69 Å². The number of nitro benzene ring substituents is 2. The Morgan fingerprint density at radius 1 is 0.944 bits per heavy atom. The zero-order valence-electron chi connectivity index (χ0n) is 18.7. The first-order chi connectivity index (χ1) is 17.2. The van der Waals surface area contributed by atoms with Gasteiger partial charge >= 0.3 is 5.69 Å². The highest BCUT2D eigenvalue weighted by atomic mass is 16.6. The number of ether oxygens (including phenoxy) is 2. The van der Waals surface area contributed by atoms with Crippen molar-refractivity contribution < 1.29 is 28.9 Å². The molecule has 0 saturated heterocycles. The quantitative estimate of drug-likeness (QED) is 0.186. The van der Waals surface area contributed by atoms with E-state index in [1.165, 1.54) is 25.5 Å². The third-order valence-electron chi connectivity index (χ3n) is 4.51. The topological polar surface area (TPSA) is 175 Å². The zero-order valence-corrected chi connectivity index (χ0v) is 18.7. The van der Waals surface area contributed by atoms with Crippen LogP contribution in [0.4, 0.5) is 17.1 Å². The second-order valence-corrected chi connectivity index (χ2v) is 7.09. The minimum absolute atomic E-state index is 0.185. The number of carbonyl (C=O) groups is 2. The Labute approximate surface area is 203 Å². The van der Waals surface area contributed by atoms with E-state index >= 15 is 0 Å². The molecule has 0 spiro atoms. The second-order valence-electron chi connectivity index (χ2n) is 7.09. The number of carbonyl (C=O) groups excluding carboxylic acids is 2. The van der Waals surface area contributed by atoms with Crippen LogP contribution in [0.15, 0.2) is 71.8 Å². The van der Waals surface area contributed by atoms with Crippen molar-refractivity contribution in [3.8, 4) is 17.2 Å². The van der Waals surface area contributed by atoms with Crippen LogP contribution in [-0.2, 0) is 9.59 Å². The molecule has 0 aliphatic carbocycles. The van der Waals surface area contributed by atoms with Gasteiger partial charge in [0, 0.05) is 17.8 Å². The minimum Gasteiger partial charge on any atom is -0.497 e. The molecule has 3 aromatic rings. The average molecular weight is 493 g/mol. The van der Waals surface area contributed by atoms with Crippen molar-refractivity contribution >= 4 is 35.1 Å². The van der Waals surface area contributed by atoms with E-state index in [1.54, 1.807) is 36.4 Å². The lowest BCUT2D eigenvalue weighted by Crippen LogP contribution is -2.24. The molecule has 3 rings (SSSR count). The van der Waals surface area contributed by atoms with Crippen molar-refractivity contribution in [3.05, 3.63) is 92.5 Å². The van der Waals surface area contributed by atoms with Crippen LogP contribution in [0.2, 0.25) is 0 Å². The molecule has 184 valence electrons. The van der Waals surface area contributed by atoms with Crippen LogP contribution < -0.4 is 20.2 Å². The summed E-state index contributed by atoms with van der Waals surface area (Å²) in [5.41, 5.74) is 2.17. The molecule has 0 saturated carbocycles. The SMILES string of the molecule is COc1cccc(NC(=O)CC(=O)NN=Cc2cccc(Oc3ccc([N+](=O)[O-])cc3[N+](=O)[O-])c2)c1. The van der Waals surface area contributed by atoms with Gasteiger partial charge in [-0.3, -0.25) is 29.8 Å². The van der Waals surface area contributed by atoms with Crippen molar-refractivity contribution in [2.45, 2.75) is 6.42 Å². The lowest BCUT2D eigenvalue weighted by molar-refractivity contribution is -0.394. The van der Waals surface area contributed by atoms with Crippen LogP contribution in [0.5, 0.6) is 17.2 Å². The number of hydrazone groups is 1. The first-order valence-corrected chi connectivity index (χ1v) is 10.2. The molecular weight excluding hydrogens is 474 g/mol. The van der Waals surface area contributed by atoms with Crippen molar-refractivity contribution in [1.82, 2.24) is 5.43 Å². The Morgan fingerprint density at radius 3 is 2.42 bits per heavy atom. The first-order valence-electron chi connectivity index (χ1n) is 10.2. The molecule has 0 aliphatic heterocycles. The van der Waals surface area contributed by atoms with Crippen LogP contribution in [0.3, 0.4) is 0 Å². The Kier molecular flexibility index (Phi) is 8.22. The van der Waals surface area contributed by atoms with Crippen LogP contribution in [0.25, 0.3) is 0 Å². The maximum Gasteiger partial charge on any atom is 0.318 e. The van der Waals surface area contributed by atoms with Gasteiger partial charge in [0.2, 0.25) is 17.6 Å². The number of nitro groups is 2. The molecule has 0 aromatic heterocycles. The number of methoxy groups -OCH3 is 1. The van der Waals surface area contributed by atoms with Crippen molar-refractivity contribution in [2.75, 3.05) is 12.4 Å². The van der Waals surface area contributed by atoms with Gasteiger partial charge in [0.1, 0.15) is 17.9 Å². The van der Waals surface area contributed by atoms with E-state index in [9.17, 15) is 29.8 Å². The van der Waals surface area contributed by atoms with Gasteiger partial charge in [-0.2, -0.15) is 5.10 Å². The van der Waals surface area contributed by atoms with Gasteiger partial charge in [-0.1, -0.05) is 18.2 Å². The Balaban J connectivity index is 1.59. The van der Waals surface area contributed by atoms with Crippen molar-refractivity contribution in [2.24, 2.45) is 5.10 Å². The van der Waals surface area contributed by atoms with Crippen LogP contribution in [0, 0.1) is 20.2 Å². The summed E-state index contributed by atoms with van der Waals surface area (Å²) in [7, 11) is 1.49. The molecule has 13 nitrogen and oxygen atoms in total. The van der Waals surface area contributed by atoms with Gasteiger partial charge in [0.05, 0.1) is 29.2 Å². The monoisotopic (exact) mass is 493 g/mol. The van der Waals surface area contributed by atoms with Crippen molar-refractivity contribution in [3.63, 3.8) is 0 Å². The molecule has 0 aliphatic rings. The highest BCUT2D eigenvalue weighted by molar-refractivity contribution is 6.03.